The van der Waals surface area contributed by atoms with Crippen LogP contribution in [0, 0.1) is 0 Å². The van der Waals surface area contributed by atoms with Gasteiger partial charge in [-0.15, -0.1) is 11.8 Å². The van der Waals surface area contributed by atoms with Crippen LogP contribution >= 0.6 is 11.8 Å². The van der Waals surface area contributed by atoms with Crippen molar-refractivity contribution < 1.29 is 18.0 Å². The van der Waals surface area contributed by atoms with Crippen LogP contribution in [0.1, 0.15) is 38.5 Å². The highest BCUT2D eigenvalue weighted by molar-refractivity contribution is 8.01. The molecule has 1 saturated heterocycles. The second-order valence-electron chi connectivity index (χ2n) is 7.28. The molecular formula is C18H23N3O4S2. The fraction of sp³-hybridized carbons (Fsp3) is 0.556. The molecule has 1 atom stereocenters. The molecule has 3 aliphatic rings. The largest absolute Gasteiger partial charge is 0.341 e. The number of thioether (sulfide) groups is 1. The fourth-order valence-electron chi connectivity index (χ4n) is 3.36. The first-order chi connectivity index (χ1) is 12.9. The second-order valence-corrected chi connectivity index (χ2v) is 10.1. The van der Waals surface area contributed by atoms with Crippen LogP contribution in [-0.2, 0) is 19.6 Å². The molecule has 0 bridgehead atoms. The number of carbonyl (C=O) groups excluding carboxylic acids is 2. The molecule has 0 unspecified atom stereocenters. The Balaban J connectivity index is 1.52. The van der Waals surface area contributed by atoms with Crippen LogP contribution in [0.2, 0.25) is 0 Å². The van der Waals surface area contributed by atoms with Crippen LogP contribution in [0.15, 0.2) is 28.0 Å². The Morgan fingerprint density at radius 2 is 1.85 bits per heavy atom. The lowest BCUT2D eigenvalue weighted by atomic mass is 10.2. The Morgan fingerprint density at radius 3 is 2.52 bits per heavy atom. The van der Waals surface area contributed by atoms with E-state index in [9.17, 15) is 18.0 Å². The molecule has 2 amide bonds. The zero-order valence-corrected chi connectivity index (χ0v) is 16.6. The maximum atomic E-state index is 12.8. The van der Waals surface area contributed by atoms with Gasteiger partial charge in [-0.2, -0.15) is 0 Å². The molecule has 2 heterocycles. The summed E-state index contributed by atoms with van der Waals surface area (Å²) in [5, 5.41) is 1.91. The Labute approximate surface area is 163 Å². The number of fused-ring (bicyclic) bond motifs is 1. The van der Waals surface area contributed by atoms with Crippen molar-refractivity contribution in [2.24, 2.45) is 0 Å². The zero-order valence-electron chi connectivity index (χ0n) is 14.9. The summed E-state index contributed by atoms with van der Waals surface area (Å²) in [7, 11) is -3.58. The van der Waals surface area contributed by atoms with Gasteiger partial charge < -0.3 is 10.2 Å². The summed E-state index contributed by atoms with van der Waals surface area (Å²) in [5.74, 6) is -0.538. The van der Waals surface area contributed by atoms with E-state index >= 15 is 0 Å². The van der Waals surface area contributed by atoms with Crippen LogP contribution in [0.25, 0.3) is 0 Å². The number of nitrogens with zero attached hydrogens (tertiary/aromatic N) is 1. The summed E-state index contributed by atoms with van der Waals surface area (Å²) in [4.78, 5) is 28.0. The van der Waals surface area contributed by atoms with Crippen molar-refractivity contribution in [3.05, 3.63) is 18.2 Å². The Hall–Kier alpha value is -1.58. The van der Waals surface area contributed by atoms with Gasteiger partial charge in [-0.1, -0.05) is 12.8 Å². The summed E-state index contributed by atoms with van der Waals surface area (Å²) < 4.78 is 27.4. The highest BCUT2D eigenvalue weighted by Crippen LogP contribution is 2.38. The van der Waals surface area contributed by atoms with Gasteiger partial charge in [0.25, 0.3) is 0 Å². The van der Waals surface area contributed by atoms with Gasteiger partial charge >= 0.3 is 0 Å². The molecule has 146 valence electrons. The predicted octanol–water partition coefficient (Wildman–Crippen LogP) is 1.94. The van der Waals surface area contributed by atoms with E-state index in [1.54, 1.807) is 11.0 Å². The third-order valence-corrected chi connectivity index (χ3v) is 7.82. The lowest BCUT2D eigenvalue weighted by Gasteiger charge is -2.28. The van der Waals surface area contributed by atoms with Crippen LogP contribution in [-0.4, -0.2) is 49.5 Å². The molecule has 1 saturated carbocycles. The number of amides is 2. The highest BCUT2D eigenvalue weighted by Gasteiger charge is 2.36. The molecule has 9 heteroatoms. The van der Waals surface area contributed by atoms with Gasteiger partial charge in [0, 0.05) is 24.0 Å². The first-order valence-electron chi connectivity index (χ1n) is 9.37. The molecule has 1 aromatic carbocycles. The topological polar surface area (TPSA) is 95.6 Å². The average molecular weight is 410 g/mol. The fourth-order valence-corrected chi connectivity index (χ4v) is 5.75. The predicted molar refractivity (Wildman–Crippen MR) is 103 cm³/mol. The van der Waals surface area contributed by atoms with Gasteiger partial charge in [-0.25, -0.2) is 13.1 Å². The third kappa shape index (κ3) is 4.14. The summed E-state index contributed by atoms with van der Waals surface area (Å²) in [6, 6.07) is 4.69. The SMILES string of the molecule is O=C1Nc2cc(S(=O)(=O)NC3CC3)ccc2S[C@@H]1C(=O)N1CCCCCC1. The molecule has 0 spiro atoms. The zero-order chi connectivity index (χ0) is 19.0. The number of anilines is 1. The number of carbonyl (C=O) groups is 2. The number of hydrogen-bond acceptors (Lipinski definition) is 5. The maximum absolute atomic E-state index is 12.8. The molecular weight excluding hydrogens is 386 g/mol. The average Bonchev–Trinajstić information content (AvgIpc) is 3.46. The standard InChI is InChI=1S/C18H23N3O4S2/c22-17-16(18(23)21-9-3-1-2-4-10-21)26-15-8-7-13(11-14(15)19-17)27(24,25)20-12-5-6-12/h7-8,11-12,16,20H,1-6,9-10H2,(H,19,22)/t16-/m0/s1. The molecule has 7 nitrogen and oxygen atoms in total. The Morgan fingerprint density at radius 1 is 1.15 bits per heavy atom. The first kappa shape index (κ1) is 18.8. The van der Waals surface area contributed by atoms with Crippen molar-refractivity contribution in [3.63, 3.8) is 0 Å². The van der Waals surface area contributed by atoms with Gasteiger partial charge in [0.15, 0.2) is 5.25 Å². The summed E-state index contributed by atoms with van der Waals surface area (Å²) >= 11 is 1.20. The van der Waals surface area contributed by atoms with Gasteiger partial charge in [-0.05, 0) is 43.9 Å². The monoisotopic (exact) mass is 409 g/mol. The maximum Gasteiger partial charge on any atom is 0.247 e. The number of hydrogen-bond donors (Lipinski definition) is 2. The minimum Gasteiger partial charge on any atom is -0.341 e. The molecule has 1 aromatic rings. The molecule has 2 aliphatic heterocycles. The van der Waals surface area contributed by atoms with Crippen molar-refractivity contribution in [1.82, 2.24) is 9.62 Å². The van der Waals surface area contributed by atoms with Crippen molar-refractivity contribution in [3.8, 4) is 0 Å². The normalized spacial score (nSPS) is 23.3. The lowest BCUT2D eigenvalue weighted by molar-refractivity contribution is -0.133. The molecule has 27 heavy (non-hydrogen) atoms. The minimum absolute atomic E-state index is 0.0191. The number of sulfonamides is 1. The first-order valence-corrected chi connectivity index (χ1v) is 11.7. The number of rotatable bonds is 4. The van der Waals surface area contributed by atoms with Crippen LogP contribution < -0.4 is 10.0 Å². The molecule has 2 fully saturated rings. The van der Waals surface area contributed by atoms with Crippen molar-refractivity contribution >= 4 is 39.3 Å². The van der Waals surface area contributed by atoms with E-state index < -0.39 is 15.3 Å². The van der Waals surface area contributed by atoms with E-state index in [1.165, 1.54) is 23.9 Å². The molecule has 0 radical (unpaired) electrons. The van der Waals surface area contributed by atoms with Gasteiger partial charge in [0.1, 0.15) is 0 Å². The van der Waals surface area contributed by atoms with Crippen LogP contribution in [0.3, 0.4) is 0 Å². The van der Waals surface area contributed by atoms with Gasteiger partial charge in [0.2, 0.25) is 21.8 Å². The summed E-state index contributed by atoms with van der Waals surface area (Å²) in [6.45, 7) is 1.39. The quantitative estimate of drug-likeness (QED) is 0.741. The number of nitrogens with one attached hydrogen (secondary N) is 2. The molecule has 1 aliphatic carbocycles. The van der Waals surface area contributed by atoms with E-state index in [2.05, 4.69) is 10.0 Å². The van der Waals surface area contributed by atoms with E-state index in [0.29, 0.717) is 23.7 Å². The molecule has 0 aromatic heterocycles. The van der Waals surface area contributed by atoms with Crippen LogP contribution in [0.4, 0.5) is 5.69 Å². The third-order valence-electron chi connectivity index (χ3n) is 5.04. The van der Waals surface area contributed by atoms with E-state index in [4.69, 9.17) is 0 Å². The van der Waals surface area contributed by atoms with Crippen molar-refractivity contribution in [1.29, 1.82) is 0 Å². The Bertz CT molecular complexity index is 859. The molecule has 2 N–H and O–H groups in total. The van der Waals surface area contributed by atoms with Gasteiger partial charge in [-0.3, -0.25) is 9.59 Å². The van der Waals surface area contributed by atoms with Crippen LogP contribution in [0.5, 0.6) is 0 Å². The minimum atomic E-state index is -3.58. The van der Waals surface area contributed by atoms with E-state index in [-0.39, 0.29) is 22.8 Å². The summed E-state index contributed by atoms with van der Waals surface area (Å²) in [6.07, 6.45) is 5.88. The number of benzene rings is 1. The van der Waals surface area contributed by atoms with E-state index in [1.807, 2.05) is 0 Å². The lowest BCUT2D eigenvalue weighted by Crippen LogP contribution is -2.45. The summed E-state index contributed by atoms with van der Waals surface area (Å²) in [5.41, 5.74) is 0.448. The Kier molecular flexibility index (Phi) is 5.17. The van der Waals surface area contributed by atoms with Crippen molar-refractivity contribution in [2.75, 3.05) is 18.4 Å². The number of likely N-dealkylation sites (tertiary alicyclic amines) is 1. The van der Waals surface area contributed by atoms with E-state index in [0.717, 1.165) is 38.5 Å². The van der Waals surface area contributed by atoms with Gasteiger partial charge in [0.05, 0.1) is 10.6 Å². The molecule has 4 rings (SSSR count). The van der Waals surface area contributed by atoms with Crippen molar-refractivity contribution in [2.45, 2.75) is 59.6 Å². The second kappa shape index (κ2) is 7.44. The smallest absolute Gasteiger partial charge is 0.247 e. The highest BCUT2D eigenvalue weighted by atomic mass is 32.2.